The number of nitrogens with zero attached hydrogens (tertiary/aromatic N) is 1. The van der Waals surface area contributed by atoms with Crippen molar-refractivity contribution >= 4 is 17.1 Å². The molecular formula is C68H47N. The summed E-state index contributed by atoms with van der Waals surface area (Å²) in [6.07, 6.45) is 0. The van der Waals surface area contributed by atoms with Crippen molar-refractivity contribution in [2.24, 2.45) is 0 Å². The molecule has 0 amide bonds. The summed E-state index contributed by atoms with van der Waals surface area (Å²) in [5, 5.41) is 0. The van der Waals surface area contributed by atoms with Gasteiger partial charge in [0, 0.05) is 17.1 Å². The molecule has 324 valence electrons. The molecule has 11 aromatic carbocycles. The van der Waals surface area contributed by atoms with E-state index in [1.54, 1.807) is 0 Å². The quantitative estimate of drug-likeness (QED) is 0.140. The minimum Gasteiger partial charge on any atom is -0.310 e. The summed E-state index contributed by atoms with van der Waals surface area (Å²) in [4.78, 5) is 2.49. The van der Waals surface area contributed by atoms with E-state index in [1.165, 1.54) is 83.5 Å². The lowest BCUT2D eigenvalue weighted by Crippen LogP contribution is -2.29. The molecule has 0 saturated heterocycles. The van der Waals surface area contributed by atoms with E-state index in [-0.39, 0.29) is 0 Å². The molecule has 0 N–H and O–H groups in total. The number of hydrogen-bond acceptors (Lipinski definition) is 1. The number of fused-ring (bicyclic) bond motifs is 6. The average molecular weight is 878 g/mol. The third-order valence-corrected chi connectivity index (χ3v) is 14.8. The SMILES string of the molecule is c1ccc(-c2cccc(-c3cccc(N(c4ccc5c(c4)-c4ccccc4C5(c4ccccc4)c4ccccc4)c4ccc5c(c4)C(c4ccccc4)(c4ccccc4)c4ccccc4-5)c3)c2)cc1. The van der Waals surface area contributed by atoms with Crippen molar-refractivity contribution in [2.45, 2.75) is 10.8 Å². The minimum atomic E-state index is -0.544. The zero-order chi connectivity index (χ0) is 45.8. The Labute approximate surface area is 404 Å². The Morgan fingerprint density at radius 2 is 0.565 bits per heavy atom. The fourth-order valence-electron chi connectivity index (χ4n) is 11.9. The van der Waals surface area contributed by atoms with Gasteiger partial charge in [0.1, 0.15) is 0 Å². The van der Waals surface area contributed by atoms with Crippen LogP contribution in [0.4, 0.5) is 17.1 Å². The zero-order valence-electron chi connectivity index (χ0n) is 38.1. The molecule has 0 aliphatic heterocycles. The van der Waals surface area contributed by atoms with Crippen LogP contribution in [-0.2, 0) is 10.8 Å². The molecule has 0 fully saturated rings. The van der Waals surface area contributed by atoms with Crippen molar-refractivity contribution in [3.05, 3.63) is 330 Å². The van der Waals surface area contributed by atoms with Gasteiger partial charge in [0.2, 0.25) is 0 Å². The normalized spacial score (nSPS) is 13.4. The van der Waals surface area contributed by atoms with E-state index in [4.69, 9.17) is 0 Å². The summed E-state index contributed by atoms with van der Waals surface area (Å²) in [5.41, 5.74) is 22.2. The third kappa shape index (κ3) is 6.32. The van der Waals surface area contributed by atoms with Gasteiger partial charge in [-0.05, 0) is 131 Å². The molecule has 11 aromatic rings. The predicted octanol–water partition coefficient (Wildman–Crippen LogP) is 17.2. The number of hydrogen-bond donors (Lipinski definition) is 0. The van der Waals surface area contributed by atoms with E-state index in [9.17, 15) is 0 Å². The topological polar surface area (TPSA) is 3.24 Å². The second kappa shape index (κ2) is 16.5. The van der Waals surface area contributed by atoms with E-state index in [2.05, 4.69) is 290 Å². The fraction of sp³-hybridized carbons (Fsp3) is 0.0294. The number of rotatable bonds is 9. The molecule has 0 atom stereocenters. The summed E-state index contributed by atoms with van der Waals surface area (Å²) >= 11 is 0. The zero-order valence-corrected chi connectivity index (χ0v) is 38.1. The summed E-state index contributed by atoms with van der Waals surface area (Å²) in [5.74, 6) is 0. The Morgan fingerprint density at radius 1 is 0.203 bits per heavy atom. The molecular weight excluding hydrogens is 831 g/mol. The number of benzene rings is 11. The molecule has 13 rings (SSSR count). The highest BCUT2D eigenvalue weighted by molar-refractivity contribution is 5.93. The lowest BCUT2D eigenvalue weighted by atomic mass is 9.67. The predicted molar refractivity (Wildman–Crippen MR) is 287 cm³/mol. The second-order valence-electron chi connectivity index (χ2n) is 18.3. The first-order valence-corrected chi connectivity index (χ1v) is 24.0. The van der Waals surface area contributed by atoms with Crippen molar-refractivity contribution < 1.29 is 0 Å². The van der Waals surface area contributed by atoms with Crippen LogP contribution >= 0.6 is 0 Å². The van der Waals surface area contributed by atoms with E-state index >= 15 is 0 Å². The molecule has 2 aliphatic carbocycles. The summed E-state index contributed by atoms with van der Waals surface area (Å²) in [6.45, 7) is 0. The molecule has 0 bridgehead atoms. The first kappa shape index (κ1) is 40.5. The second-order valence-corrected chi connectivity index (χ2v) is 18.3. The molecule has 0 unspecified atom stereocenters. The molecule has 69 heavy (non-hydrogen) atoms. The highest BCUT2D eigenvalue weighted by Gasteiger charge is 2.48. The van der Waals surface area contributed by atoms with Crippen LogP contribution in [0.25, 0.3) is 44.5 Å². The van der Waals surface area contributed by atoms with Crippen LogP contribution in [0, 0.1) is 0 Å². The molecule has 1 heteroatoms. The van der Waals surface area contributed by atoms with Gasteiger partial charge in [-0.1, -0.05) is 243 Å². The smallest absolute Gasteiger partial charge is 0.0714 e. The molecule has 0 aromatic heterocycles. The molecule has 1 nitrogen and oxygen atoms in total. The maximum Gasteiger partial charge on any atom is 0.0714 e. The Hall–Kier alpha value is -8.78. The van der Waals surface area contributed by atoms with Crippen molar-refractivity contribution in [1.82, 2.24) is 0 Å². The van der Waals surface area contributed by atoms with Crippen LogP contribution in [0.1, 0.15) is 44.5 Å². The van der Waals surface area contributed by atoms with Gasteiger partial charge in [-0.25, -0.2) is 0 Å². The van der Waals surface area contributed by atoms with Gasteiger partial charge in [-0.15, -0.1) is 0 Å². The highest BCUT2D eigenvalue weighted by Crippen LogP contribution is 2.59. The summed E-state index contributed by atoms with van der Waals surface area (Å²) < 4.78 is 0. The monoisotopic (exact) mass is 877 g/mol. The van der Waals surface area contributed by atoms with Crippen LogP contribution in [0.15, 0.2) is 285 Å². The third-order valence-electron chi connectivity index (χ3n) is 14.8. The highest BCUT2D eigenvalue weighted by atomic mass is 15.1. The van der Waals surface area contributed by atoms with E-state index in [1.807, 2.05) is 0 Å². The van der Waals surface area contributed by atoms with Gasteiger partial charge in [0.25, 0.3) is 0 Å². The van der Waals surface area contributed by atoms with E-state index in [0.29, 0.717) is 0 Å². The lowest BCUT2D eigenvalue weighted by Gasteiger charge is -2.35. The standard InChI is InChI=1S/C68H47N/c1-6-22-48(23-7-1)49-24-20-25-50(44-49)51-26-21-35-56(45-51)69(57-41-43-65-62(46-57)60-37-17-19-39-64(60)67(65,52-27-8-2-9-28-52)53-29-10-3-11-30-53)58-40-42-61-59-36-16-18-38-63(59)68(66(61)47-58,54-31-12-4-13-32-54)55-33-14-5-15-34-55/h1-47H. The van der Waals surface area contributed by atoms with E-state index < -0.39 is 10.8 Å². The summed E-state index contributed by atoms with van der Waals surface area (Å²) in [6, 6.07) is 106. The first-order chi connectivity index (χ1) is 34.2. The van der Waals surface area contributed by atoms with Gasteiger partial charge in [0.05, 0.1) is 10.8 Å². The van der Waals surface area contributed by atoms with Crippen molar-refractivity contribution in [2.75, 3.05) is 4.90 Å². The van der Waals surface area contributed by atoms with Crippen LogP contribution in [-0.4, -0.2) is 0 Å². The average Bonchev–Trinajstić information content (AvgIpc) is 3.90. The van der Waals surface area contributed by atoms with Crippen molar-refractivity contribution in [1.29, 1.82) is 0 Å². The van der Waals surface area contributed by atoms with Crippen LogP contribution < -0.4 is 4.90 Å². The molecule has 0 radical (unpaired) electrons. The lowest BCUT2D eigenvalue weighted by molar-refractivity contribution is 0.768. The minimum absolute atomic E-state index is 0.494. The van der Waals surface area contributed by atoms with Gasteiger partial charge >= 0.3 is 0 Å². The maximum atomic E-state index is 2.49. The number of anilines is 3. The Kier molecular flexibility index (Phi) is 9.70. The molecule has 0 heterocycles. The molecule has 2 aliphatic rings. The largest absolute Gasteiger partial charge is 0.310 e. The maximum absolute atomic E-state index is 2.49. The van der Waals surface area contributed by atoms with E-state index in [0.717, 1.165) is 22.6 Å². The van der Waals surface area contributed by atoms with Crippen LogP contribution in [0.3, 0.4) is 0 Å². The Morgan fingerprint density at radius 3 is 1.13 bits per heavy atom. The van der Waals surface area contributed by atoms with Crippen molar-refractivity contribution in [3.63, 3.8) is 0 Å². The van der Waals surface area contributed by atoms with Crippen molar-refractivity contribution in [3.8, 4) is 44.5 Å². The van der Waals surface area contributed by atoms with Gasteiger partial charge < -0.3 is 4.90 Å². The van der Waals surface area contributed by atoms with Gasteiger partial charge in [-0.3, -0.25) is 0 Å². The van der Waals surface area contributed by atoms with Crippen LogP contribution in [0.2, 0.25) is 0 Å². The Balaban J connectivity index is 1.06. The molecule has 0 saturated carbocycles. The molecule has 0 spiro atoms. The first-order valence-electron chi connectivity index (χ1n) is 24.0. The van der Waals surface area contributed by atoms with Gasteiger partial charge in [-0.2, -0.15) is 0 Å². The van der Waals surface area contributed by atoms with Gasteiger partial charge in [0.15, 0.2) is 0 Å². The summed E-state index contributed by atoms with van der Waals surface area (Å²) in [7, 11) is 0. The Bertz CT molecular complexity index is 3570. The fourth-order valence-corrected chi connectivity index (χ4v) is 11.9. The van der Waals surface area contributed by atoms with Crippen LogP contribution in [0.5, 0.6) is 0 Å².